The lowest BCUT2D eigenvalue weighted by Crippen LogP contribution is -2.36. The van der Waals surface area contributed by atoms with Gasteiger partial charge in [0.15, 0.2) is 5.76 Å². The molecule has 0 saturated carbocycles. The Hall–Kier alpha value is -3.21. The maximum absolute atomic E-state index is 12.2. The average molecular weight is 430 g/mol. The van der Waals surface area contributed by atoms with Crippen molar-refractivity contribution in [1.29, 1.82) is 0 Å². The van der Waals surface area contributed by atoms with Crippen molar-refractivity contribution in [2.24, 2.45) is 0 Å². The molecule has 10 heteroatoms. The molecule has 1 heterocycles. The van der Waals surface area contributed by atoms with E-state index in [1.807, 2.05) is 43.3 Å². The van der Waals surface area contributed by atoms with Gasteiger partial charge in [0.25, 0.3) is 0 Å². The maximum Gasteiger partial charge on any atom is 0.317 e. The van der Waals surface area contributed by atoms with Gasteiger partial charge in [-0.25, -0.2) is 13.4 Å². The summed E-state index contributed by atoms with van der Waals surface area (Å²) in [7, 11) is 0.165. The van der Waals surface area contributed by atoms with Crippen molar-refractivity contribution in [2.75, 3.05) is 32.2 Å². The quantitative estimate of drug-likeness (QED) is 0.348. The molecule has 9 nitrogen and oxygen atoms in total. The van der Waals surface area contributed by atoms with Crippen LogP contribution < -0.4 is 14.9 Å². The van der Waals surface area contributed by atoms with Crippen LogP contribution in [0.15, 0.2) is 64.0 Å². The van der Waals surface area contributed by atoms with Gasteiger partial charge in [0.05, 0.1) is 24.3 Å². The molecule has 0 saturated heterocycles. The van der Waals surface area contributed by atoms with Gasteiger partial charge in [0, 0.05) is 30.9 Å². The van der Waals surface area contributed by atoms with Crippen LogP contribution in [-0.4, -0.2) is 51.8 Å². The number of benzene rings is 2. The average Bonchev–Trinajstić information content (AvgIpc) is 3.21. The number of sulfonamides is 1. The summed E-state index contributed by atoms with van der Waals surface area (Å²) in [5.41, 5.74) is 2.59. The molecular weight excluding hydrogens is 408 g/mol. The minimum Gasteiger partial charge on any atom is -0.480 e. The van der Waals surface area contributed by atoms with E-state index in [-0.39, 0.29) is 18.1 Å². The number of hydrogen-bond acceptors (Lipinski definition) is 7. The molecule has 0 aliphatic heterocycles. The van der Waals surface area contributed by atoms with E-state index < -0.39 is 16.0 Å². The standard InChI is InChI=1S/C20H22N4O5S/c1-24(2)16-7-3-14(4-8-16)18-11-22-20(29-18)15-5-9-17(10-6-15)30(27,28)23-13-21-12-19(25)26/h3-11,21,23H,12-13H2,1-2H3,(H,25,26). The Morgan fingerprint density at radius 1 is 1.07 bits per heavy atom. The first kappa shape index (κ1) is 21.5. The number of nitrogens with one attached hydrogen (secondary N) is 2. The number of aromatic nitrogens is 1. The van der Waals surface area contributed by atoms with Crippen LogP contribution in [0.1, 0.15) is 0 Å². The molecule has 1 aromatic heterocycles. The molecule has 3 N–H and O–H groups in total. The molecule has 0 atom stereocenters. The minimum atomic E-state index is -3.77. The van der Waals surface area contributed by atoms with Gasteiger partial charge in [0.1, 0.15) is 0 Å². The van der Waals surface area contributed by atoms with Crippen LogP contribution in [0.25, 0.3) is 22.8 Å². The van der Waals surface area contributed by atoms with E-state index in [0.29, 0.717) is 17.2 Å². The summed E-state index contributed by atoms with van der Waals surface area (Å²) in [6.45, 7) is -0.530. The second-order valence-corrected chi connectivity index (χ2v) is 8.41. The summed E-state index contributed by atoms with van der Waals surface area (Å²) in [6.07, 6.45) is 1.63. The summed E-state index contributed by atoms with van der Waals surface area (Å²) in [6, 6.07) is 13.9. The second-order valence-electron chi connectivity index (χ2n) is 6.64. The Morgan fingerprint density at radius 3 is 2.30 bits per heavy atom. The summed E-state index contributed by atoms with van der Waals surface area (Å²) in [4.78, 5) is 16.8. The van der Waals surface area contributed by atoms with Crippen LogP contribution in [0.2, 0.25) is 0 Å². The number of aliphatic carboxylic acids is 1. The molecule has 3 aromatic rings. The predicted octanol–water partition coefficient (Wildman–Crippen LogP) is 1.98. The monoisotopic (exact) mass is 430 g/mol. The predicted molar refractivity (Wildman–Crippen MR) is 113 cm³/mol. The number of nitrogens with zero attached hydrogens (tertiary/aromatic N) is 2. The number of carbonyl (C=O) groups is 1. The highest BCUT2D eigenvalue weighted by Gasteiger charge is 2.15. The summed E-state index contributed by atoms with van der Waals surface area (Å²) in [5.74, 6) is -0.0857. The minimum absolute atomic E-state index is 0.0504. The van der Waals surface area contributed by atoms with Crippen LogP contribution >= 0.6 is 0 Å². The Labute approximate surface area is 174 Å². The van der Waals surface area contributed by atoms with Gasteiger partial charge in [-0.2, -0.15) is 4.72 Å². The van der Waals surface area contributed by atoms with Crippen molar-refractivity contribution in [3.63, 3.8) is 0 Å². The molecule has 30 heavy (non-hydrogen) atoms. The first-order chi connectivity index (χ1) is 14.3. The fourth-order valence-corrected chi connectivity index (χ4v) is 3.59. The Bertz CT molecular complexity index is 1110. The first-order valence-electron chi connectivity index (χ1n) is 9.02. The maximum atomic E-state index is 12.2. The van der Waals surface area contributed by atoms with E-state index in [1.165, 1.54) is 12.1 Å². The molecule has 158 valence electrons. The number of carboxylic acids is 1. The van der Waals surface area contributed by atoms with Gasteiger partial charge in [-0.1, -0.05) is 0 Å². The fraction of sp³-hybridized carbons (Fsp3) is 0.200. The molecule has 0 spiro atoms. The fourth-order valence-electron chi connectivity index (χ4n) is 2.64. The highest BCUT2D eigenvalue weighted by Crippen LogP contribution is 2.28. The van der Waals surface area contributed by atoms with E-state index in [0.717, 1.165) is 11.3 Å². The Morgan fingerprint density at radius 2 is 1.70 bits per heavy atom. The topological polar surface area (TPSA) is 125 Å². The molecule has 0 fully saturated rings. The van der Waals surface area contributed by atoms with Crippen molar-refractivity contribution < 1.29 is 22.7 Å². The van der Waals surface area contributed by atoms with Crippen LogP contribution in [0.5, 0.6) is 0 Å². The third kappa shape index (κ3) is 5.23. The van der Waals surface area contributed by atoms with Crippen molar-refractivity contribution in [3.05, 3.63) is 54.7 Å². The largest absolute Gasteiger partial charge is 0.480 e. The Kier molecular flexibility index (Phi) is 6.50. The van der Waals surface area contributed by atoms with E-state index in [2.05, 4.69) is 15.0 Å². The zero-order chi connectivity index (χ0) is 21.7. The van der Waals surface area contributed by atoms with Gasteiger partial charge in [-0.05, 0) is 48.5 Å². The lowest BCUT2D eigenvalue weighted by atomic mass is 10.1. The third-order valence-electron chi connectivity index (χ3n) is 4.25. The van der Waals surface area contributed by atoms with Gasteiger partial charge < -0.3 is 14.4 Å². The number of carboxylic acid groups (broad SMARTS) is 1. The molecule has 0 aliphatic rings. The van der Waals surface area contributed by atoms with Crippen LogP contribution in [0, 0.1) is 0 Å². The van der Waals surface area contributed by atoms with Gasteiger partial charge >= 0.3 is 5.97 Å². The molecule has 0 radical (unpaired) electrons. The van der Waals surface area contributed by atoms with Crippen molar-refractivity contribution in [1.82, 2.24) is 15.0 Å². The summed E-state index contributed by atoms with van der Waals surface area (Å²) in [5, 5.41) is 11.0. The zero-order valence-electron chi connectivity index (χ0n) is 16.5. The molecule has 0 bridgehead atoms. The normalized spacial score (nSPS) is 11.4. The summed E-state index contributed by atoms with van der Waals surface area (Å²) < 4.78 is 32.6. The van der Waals surface area contributed by atoms with E-state index in [1.54, 1.807) is 18.3 Å². The Balaban J connectivity index is 1.70. The molecule has 2 aromatic carbocycles. The van der Waals surface area contributed by atoms with Crippen LogP contribution in [0.4, 0.5) is 5.69 Å². The van der Waals surface area contributed by atoms with Crippen molar-refractivity contribution >= 4 is 21.7 Å². The van der Waals surface area contributed by atoms with Gasteiger partial charge in [0.2, 0.25) is 15.9 Å². The smallest absolute Gasteiger partial charge is 0.317 e. The van der Waals surface area contributed by atoms with Crippen molar-refractivity contribution in [3.8, 4) is 22.8 Å². The van der Waals surface area contributed by atoms with Crippen LogP contribution in [-0.2, 0) is 14.8 Å². The van der Waals surface area contributed by atoms with Crippen LogP contribution in [0.3, 0.4) is 0 Å². The first-order valence-corrected chi connectivity index (χ1v) is 10.5. The lowest BCUT2D eigenvalue weighted by molar-refractivity contribution is -0.135. The molecule has 0 unspecified atom stereocenters. The number of oxazole rings is 1. The highest BCUT2D eigenvalue weighted by atomic mass is 32.2. The number of rotatable bonds is 9. The number of anilines is 1. The molecule has 0 aliphatic carbocycles. The summed E-state index contributed by atoms with van der Waals surface area (Å²) >= 11 is 0. The molecular formula is C20H22N4O5S. The van der Waals surface area contributed by atoms with E-state index in [9.17, 15) is 13.2 Å². The molecule has 0 amide bonds. The van der Waals surface area contributed by atoms with Crippen molar-refractivity contribution in [2.45, 2.75) is 4.90 Å². The SMILES string of the molecule is CN(C)c1ccc(-c2cnc(-c3ccc(S(=O)(=O)NCNCC(=O)O)cc3)o2)cc1. The van der Waals surface area contributed by atoms with Gasteiger partial charge in [-0.3, -0.25) is 10.1 Å². The molecule has 3 rings (SSSR count). The highest BCUT2D eigenvalue weighted by molar-refractivity contribution is 7.89. The lowest BCUT2D eigenvalue weighted by Gasteiger charge is -2.11. The number of hydrogen-bond donors (Lipinski definition) is 3. The van der Waals surface area contributed by atoms with Gasteiger partial charge in [-0.15, -0.1) is 0 Å². The zero-order valence-corrected chi connectivity index (χ0v) is 17.3. The third-order valence-corrected chi connectivity index (χ3v) is 5.67. The second kappa shape index (κ2) is 9.08. The van der Waals surface area contributed by atoms with E-state index in [4.69, 9.17) is 9.52 Å². The van der Waals surface area contributed by atoms with E-state index >= 15 is 0 Å².